The summed E-state index contributed by atoms with van der Waals surface area (Å²) in [5.41, 5.74) is -0.974. The number of amides is 2. The van der Waals surface area contributed by atoms with Gasteiger partial charge in [0.15, 0.2) is 5.82 Å². The molecule has 9 nitrogen and oxygen atoms in total. The van der Waals surface area contributed by atoms with Crippen molar-refractivity contribution in [3.63, 3.8) is 0 Å². The minimum atomic E-state index is -1.36. The van der Waals surface area contributed by atoms with Gasteiger partial charge in [0.2, 0.25) is 11.8 Å². The summed E-state index contributed by atoms with van der Waals surface area (Å²) in [6.45, 7) is 8.23. The zero-order valence-electron chi connectivity index (χ0n) is 21.5. The van der Waals surface area contributed by atoms with Crippen molar-refractivity contribution in [1.29, 1.82) is 0 Å². The molecule has 0 unspecified atom stereocenters. The maximum atomic E-state index is 14.3. The SMILES string of the molecule is C=CN(CCNC(=O)[C@H]1CCN(C(=O)c2cc(-c3cc(OC)ncc3F)n[nH]2)C2(CC2)C1)CC(C)(C)F. The number of rotatable bonds is 10. The van der Waals surface area contributed by atoms with Crippen molar-refractivity contribution in [2.45, 2.75) is 50.7 Å². The molecule has 2 N–H and O–H groups in total. The Kier molecular flexibility index (Phi) is 7.52. The summed E-state index contributed by atoms with van der Waals surface area (Å²) < 4.78 is 33.3. The van der Waals surface area contributed by atoms with Crippen LogP contribution >= 0.6 is 0 Å². The molecule has 2 aromatic rings. The van der Waals surface area contributed by atoms with Crippen molar-refractivity contribution in [2.24, 2.45) is 5.92 Å². The molecule has 2 fully saturated rings. The smallest absolute Gasteiger partial charge is 0.272 e. The molecule has 0 bridgehead atoms. The van der Waals surface area contributed by atoms with Gasteiger partial charge >= 0.3 is 0 Å². The zero-order chi connectivity index (χ0) is 26.8. The van der Waals surface area contributed by atoms with Crippen LogP contribution in [-0.2, 0) is 4.79 Å². The fourth-order valence-corrected chi connectivity index (χ4v) is 4.98. The van der Waals surface area contributed by atoms with Gasteiger partial charge in [0.1, 0.15) is 11.4 Å². The second-order valence-corrected chi connectivity index (χ2v) is 10.4. The van der Waals surface area contributed by atoms with Crippen LogP contribution in [0.15, 0.2) is 31.1 Å². The Hall–Kier alpha value is -3.50. The van der Waals surface area contributed by atoms with Gasteiger partial charge in [-0.1, -0.05) is 6.58 Å². The molecule has 4 rings (SSSR count). The average molecular weight is 517 g/mol. The van der Waals surface area contributed by atoms with Crippen molar-refractivity contribution >= 4 is 11.8 Å². The number of H-pyrrole nitrogens is 1. The van der Waals surface area contributed by atoms with Crippen LogP contribution in [0.1, 0.15) is 50.0 Å². The molecule has 0 radical (unpaired) electrons. The molecular weight excluding hydrogens is 482 g/mol. The fraction of sp³-hybridized carbons (Fsp3) is 0.538. The lowest BCUT2D eigenvalue weighted by molar-refractivity contribution is -0.127. The first kappa shape index (κ1) is 26.6. The largest absolute Gasteiger partial charge is 0.481 e. The van der Waals surface area contributed by atoms with Gasteiger partial charge in [-0.3, -0.25) is 14.7 Å². The Morgan fingerprint density at radius 2 is 2.16 bits per heavy atom. The van der Waals surface area contributed by atoms with Gasteiger partial charge in [-0.15, -0.1) is 0 Å². The molecule has 1 saturated heterocycles. The molecule has 200 valence electrons. The first-order chi connectivity index (χ1) is 17.5. The minimum absolute atomic E-state index is 0.0483. The van der Waals surface area contributed by atoms with Gasteiger partial charge in [-0.2, -0.15) is 5.10 Å². The number of halogens is 2. The number of nitrogens with zero attached hydrogens (tertiary/aromatic N) is 4. The van der Waals surface area contributed by atoms with Crippen LogP contribution in [0, 0.1) is 11.7 Å². The minimum Gasteiger partial charge on any atom is -0.481 e. The third-order valence-electron chi connectivity index (χ3n) is 7.00. The fourth-order valence-electron chi connectivity index (χ4n) is 4.98. The van der Waals surface area contributed by atoms with Crippen LogP contribution in [0.3, 0.4) is 0 Å². The maximum Gasteiger partial charge on any atom is 0.272 e. The number of hydrogen-bond donors (Lipinski definition) is 2. The van der Waals surface area contributed by atoms with Crippen LogP contribution in [0.4, 0.5) is 8.78 Å². The topological polar surface area (TPSA) is 103 Å². The van der Waals surface area contributed by atoms with Crippen molar-refractivity contribution < 1.29 is 23.1 Å². The Labute approximate surface area is 215 Å². The monoisotopic (exact) mass is 516 g/mol. The summed E-state index contributed by atoms with van der Waals surface area (Å²) >= 11 is 0. The highest BCUT2D eigenvalue weighted by molar-refractivity contribution is 5.94. The summed E-state index contributed by atoms with van der Waals surface area (Å²) in [5.74, 6) is -0.786. The van der Waals surface area contributed by atoms with E-state index in [0.29, 0.717) is 32.5 Å². The quantitative estimate of drug-likeness (QED) is 0.502. The normalized spacial score (nSPS) is 18.4. The number of ether oxygens (including phenoxy) is 1. The molecule has 37 heavy (non-hydrogen) atoms. The van der Waals surface area contributed by atoms with E-state index in [0.717, 1.165) is 19.0 Å². The number of nitrogens with one attached hydrogen (secondary N) is 2. The molecule has 2 amide bonds. The number of aromatic nitrogens is 3. The molecule has 2 aromatic heterocycles. The number of likely N-dealkylation sites (tertiary alicyclic amines) is 1. The predicted octanol–water partition coefficient (Wildman–Crippen LogP) is 3.31. The lowest BCUT2D eigenvalue weighted by Gasteiger charge is -2.39. The van der Waals surface area contributed by atoms with Crippen LogP contribution in [-0.4, -0.2) is 81.3 Å². The maximum absolute atomic E-state index is 14.3. The Balaban J connectivity index is 1.35. The van der Waals surface area contributed by atoms with E-state index in [1.54, 1.807) is 11.1 Å². The van der Waals surface area contributed by atoms with E-state index in [2.05, 4.69) is 27.1 Å². The number of aromatic amines is 1. The van der Waals surface area contributed by atoms with Crippen LogP contribution in [0.25, 0.3) is 11.3 Å². The Morgan fingerprint density at radius 3 is 2.81 bits per heavy atom. The second-order valence-electron chi connectivity index (χ2n) is 10.4. The predicted molar refractivity (Wildman–Crippen MR) is 134 cm³/mol. The zero-order valence-corrected chi connectivity index (χ0v) is 21.5. The standard InChI is InChI=1S/C26H34F2N6O3/c1-5-33(16-25(2,3)28)11-9-29-23(35)17-6-10-34(26(14-17)7-8-26)24(36)21-13-20(31-32-21)18-12-22(37-4)30-15-19(18)27/h5,12-13,15,17H,1,6-11,14,16H2,2-4H3,(H,29,35)(H,31,32)/t17-/m0/s1. The second kappa shape index (κ2) is 10.5. The molecule has 11 heteroatoms. The summed E-state index contributed by atoms with van der Waals surface area (Å²) in [7, 11) is 1.44. The van der Waals surface area contributed by atoms with Gasteiger partial charge in [-0.25, -0.2) is 13.8 Å². The van der Waals surface area contributed by atoms with Crippen LogP contribution in [0.2, 0.25) is 0 Å². The molecular formula is C26H34F2N6O3. The van der Waals surface area contributed by atoms with E-state index in [1.807, 2.05) is 4.90 Å². The third kappa shape index (κ3) is 6.08. The van der Waals surface area contributed by atoms with E-state index in [-0.39, 0.29) is 52.6 Å². The first-order valence-electron chi connectivity index (χ1n) is 12.5. The number of alkyl halides is 1. The van der Waals surface area contributed by atoms with E-state index >= 15 is 0 Å². The Bertz CT molecular complexity index is 1160. The summed E-state index contributed by atoms with van der Waals surface area (Å²) in [6.07, 6.45) is 5.42. The lowest BCUT2D eigenvalue weighted by atomic mass is 9.88. The highest BCUT2D eigenvalue weighted by Gasteiger charge is 2.54. The lowest BCUT2D eigenvalue weighted by Crippen LogP contribution is -2.51. The molecule has 1 spiro atoms. The third-order valence-corrected chi connectivity index (χ3v) is 7.00. The highest BCUT2D eigenvalue weighted by Crippen LogP contribution is 2.50. The molecule has 1 aliphatic heterocycles. The number of pyridine rings is 1. The summed E-state index contributed by atoms with van der Waals surface area (Å²) in [4.78, 5) is 33.6. The van der Waals surface area contributed by atoms with Gasteiger partial charge in [0, 0.05) is 42.7 Å². The Morgan fingerprint density at radius 1 is 1.41 bits per heavy atom. The van der Waals surface area contributed by atoms with Crippen molar-refractivity contribution in [3.8, 4) is 17.1 Å². The molecule has 1 aliphatic carbocycles. The number of methoxy groups -OCH3 is 1. The number of piperidine rings is 1. The molecule has 1 saturated carbocycles. The molecule has 1 atom stereocenters. The van der Waals surface area contributed by atoms with E-state index in [1.165, 1.54) is 33.1 Å². The van der Waals surface area contributed by atoms with E-state index < -0.39 is 11.5 Å². The molecule has 2 aliphatic rings. The van der Waals surface area contributed by atoms with Gasteiger partial charge in [-0.05, 0) is 51.8 Å². The van der Waals surface area contributed by atoms with Crippen molar-refractivity contribution in [1.82, 2.24) is 30.3 Å². The van der Waals surface area contributed by atoms with Crippen molar-refractivity contribution in [2.75, 3.05) is 33.3 Å². The number of hydrogen-bond acceptors (Lipinski definition) is 6. The van der Waals surface area contributed by atoms with Crippen LogP contribution in [0.5, 0.6) is 5.88 Å². The van der Waals surface area contributed by atoms with Gasteiger partial charge in [0.05, 0.1) is 25.5 Å². The molecule has 0 aromatic carbocycles. The van der Waals surface area contributed by atoms with E-state index in [4.69, 9.17) is 4.74 Å². The first-order valence-corrected chi connectivity index (χ1v) is 12.5. The number of carbonyl (C=O) groups excluding carboxylic acids is 2. The van der Waals surface area contributed by atoms with Gasteiger partial charge in [0.25, 0.3) is 5.91 Å². The van der Waals surface area contributed by atoms with Crippen molar-refractivity contribution in [3.05, 3.63) is 42.6 Å². The highest BCUT2D eigenvalue weighted by atomic mass is 19.1. The van der Waals surface area contributed by atoms with Gasteiger partial charge < -0.3 is 19.9 Å². The summed E-state index contributed by atoms with van der Waals surface area (Å²) in [5, 5.41) is 9.83. The number of carbonyl (C=O) groups is 2. The van der Waals surface area contributed by atoms with E-state index in [9.17, 15) is 18.4 Å². The average Bonchev–Trinajstić information content (AvgIpc) is 3.43. The summed E-state index contributed by atoms with van der Waals surface area (Å²) in [6, 6.07) is 2.96. The van der Waals surface area contributed by atoms with Crippen LogP contribution < -0.4 is 10.1 Å². The molecule has 3 heterocycles.